The summed E-state index contributed by atoms with van der Waals surface area (Å²) in [7, 11) is 0. The van der Waals surface area contributed by atoms with Crippen LogP contribution in [0, 0.1) is 5.92 Å². The first-order valence-electron chi connectivity index (χ1n) is 9.92. The van der Waals surface area contributed by atoms with Crippen molar-refractivity contribution in [1.29, 1.82) is 0 Å². The fourth-order valence-electron chi connectivity index (χ4n) is 4.09. The first kappa shape index (κ1) is 20.0. The summed E-state index contributed by atoms with van der Waals surface area (Å²) in [6.45, 7) is 1.35. The summed E-state index contributed by atoms with van der Waals surface area (Å²) in [5, 5.41) is 16.1. The molecule has 1 fully saturated rings. The van der Waals surface area contributed by atoms with Gasteiger partial charge in [-0.15, -0.1) is 5.10 Å². The highest BCUT2D eigenvalue weighted by atomic mass is 35.5. The van der Waals surface area contributed by atoms with Gasteiger partial charge in [-0.1, -0.05) is 35.1 Å². The van der Waals surface area contributed by atoms with Crippen LogP contribution in [0.3, 0.4) is 0 Å². The number of thiazole rings is 1. The van der Waals surface area contributed by atoms with Crippen LogP contribution in [0.1, 0.15) is 29.3 Å². The van der Waals surface area contributed by atoms with E-state index in [1.165, 1.54) is 15.9 Å². The zero-order valence-corrected chi connectivity index (χ0v) is 18.0. The first-order valence-corrected chi connectivity index (χ1v) is 11.1. The number of primary amides is 1. The lowest BCUT2D eigenvalue weighted by molar-refractivity contribution is -0.123. The van der Waals surface area contributed by atoms with Crippen LogP contribution in [0.4, 0.5) is 0 Å². The van der Waals surface area contributed by atoms with Gasteiger partial charge < -0.3 is 15.3 Å². The van der Waals surface area contributed by atoms with Gasteiger partial charge in [-0.3, -0.25) is 9.69 Å². The van der Waals surface area contributed by atoms with E-state index in [9.17, 15) is 9.90 Å². The molecule has 3 aromatic heterocycles. The van der Waals surface area contributed by atoms with Crippen molar-refractivity contribution in [3.63, 3.8) is 0 Å². The predicted octanol–water partition coefficient (Wildman–Crippen LogP) is 3.70. The molecule has 4 aromatic rings. The minimum Gasteiger partial charge on any atom is -0.492 e. The molecular weight excluding hydrogens is 438 g/mol. The number of aromatic nitrogens is 3. The Hall–Kier alpha value is -2.88. The Morgan fingerprint density at radius 1 is 1.29 bits per heavy atom. The second-order valence-corrected chi connectivity index (χ2v) is 9.01. The molecule has 10 heteroatoms. The number of benzene rings is 1. The number of nitrogens with zero attached hydrogens (tertiary/aromatic N) is 4. The minimum atomic E-state index is -0.258. The number of fused-ring (bicyclic) bond motifs is 1. The molecule has 0 spiro atoms. The normalized spacial score (nSPS) is 16.7. The lowest BCUT2D eigenvalue weighted by Crippen LogP contribution is -2.40. The van der Waals surface area contributed by atoms with E-state index in [0.29, 0.717) is 47.5 Å². The Balaban J connectivity index is 1.55. The second kappa shape index (κ2) is 7.99. The van der Waals surface area contributed by atoms with Crippen LogP contribution in [-0.4, -0.2) is 43.6 Å². The van der Waals surface area contributed by atoms with Crippen molar-refractivity contribution in [3.05, 3.63) is 58.1 Å². The zero-order valence-electron chi connectivity index (χ0n) is 16.4. The van der Waals surface area contributed by atoms with E-state index in [2.05, 4.69) is 15.0 Å². The van der Waals surface area contributed by atoms with Gasteiger partial charge in [-0.05, 0) is 55.8 Å². The topological polar surface area (TPSA) is 110 Å². The quantitative estimate of drug-likeness (QED) is 0.473. The third-order valence-electron chi connectivity index (χ3n) is 5.65. The zero-order chi connectivity index (χ0) is 21.5. The van der Waals surface area contributed by atoms with Gasteiger partial charge in [0.15, 0.2) is 5.76 Å². The largest absolute Gasteiger partial charge is 0.492 e. The molecule has 1 aliphatic rings. The van der Waals surface area contributed by atoms with Crippen molar-refractivity contribution in [2.45, 2.75) is 18.9 Å². The lowest BCUT2D eigenvalue weighted by Gasteiger charge is -2.36. The molecule has 1 aliphatic heterocycles. The standard InChI is InChI=1S/C21H20ClN5O3S/c22-14-4-1-3-13(11-14)16(26-8-6-12(7-9-26)18(23)28)17-20(29)27-21(31-17)24-19(25-27)15-5-2-10-30-15/h1-5,10-12,16,29H,6-9H2,(H2,23,28)/t16-/m1/s1. The monoisotopic (exact) mass is 457 g/mol. The Kier molecular flexibility index (Phi) is 5.17. The van der Waals surface area contributed by atoms with Gasteiger partial charge >= 0.3 is 0 Å². The number of piperidine rings is 1. The summed E-state index contributed by atoms with van der Waals surface area (Å²) >= 11 is 7.65. The average molecular weight is 458 g/mol. The maximum atomic E-state index is 11.6. The lowest BCUT2D eigenvalue weighted by atomic mass is 9.93. The number of carbonyl (C=O) groups excluding carboxylic acids is 1. The molecule has 3 N–H and O–H groups in total. The van der Waals surface area contributed by atoms with Gasteiger partial charge in [0, 0.05) is 10.9 Å². The fourth-order valence-corrected chi connectivity index (χ4v) is 5.40. The number of amides is 1. The van der Waals surface area contributed by atoms with Crippen molar-refractivity contribution < 1.29 is 14.3 Å². The van der Waals surface area contributed by atoms with Gasteiger partial charge in [0.25, 0.3) is 0 Å². The molecular formula is C21H20ClN5O3S. The maximum absolute atomic E-state index is 11.6. The number of hydrogen-bond donors (Lipinski definition) is 2. The Bertz CT molecular complexity index is 1230. The van der Waals surface area contributed by atoms with Gasteiger partial charge in [0.1, 0.15) is 0 Å². The van der Waals surface area contributed by atoms with E-state index in [4.69, 9.17) is 21.8 Å². The fraction of sp³-hybridized carbons (Fsp3) is 0.286. The number of hydrogen-bond acceptors (Lipinski definition) is 7. The van der Waals surface area contributed by atoms with Crippen molar-refractivity contribution in [2.75, 3.05) is 13.1 Å². The molecule has 1 aromatic carbocycles. The van der Waals surface area contributed by atoms with E-state index in [-0.39, 0.29) is 23.7 Å². The summed E-state index contributed by atoms with van der Waals surface area (Å²) in [6, 6.07) is 10.9. The number of nitrogens with two attached hydrogens (primary N) is 1. The SMILES string of the molecule is NC(=O)C1CCN([C@H](c2cccc(Cl)c2)c2sc3nc(-c4ccco4)nn3c2O)CC1. The maximum Gasteiger partial charge on any atom is 0.230 e. The minimum absolute atomic E-state index is 0.0345. The highest BCUT2D eigenvalue weighted by molar-refractivity contribution is 7.17. The highest BCUT2D eigenvalue weighted by Gasteiger charge is 2.33. The van der Waals surface area contributed by atoms with Crippen LogP contribution in [0.2, 0.25) is 5.02 Å². The smallest absolute Gasteiger partial charge is 0.230 e. The average Bonchev–Trinajstić information content (AvgIpc) is 3.48. The number of rotatable bonds is 5. The molecule has 1 atom stereocenters. The summed E-state index contributed by atoms with van der Waals surface area (Å²) in [5.74, 6) is 0.609. The van der Waals surface area contributed by atoms with E-state index in [1.54, 1.807) is 18.4 Å². The molecule has 0 bridgehead atoms. The third kappa shape index (κ3) is 3.69. The van der Waals surface area contributed by atoms with Crippen LogP contribution in [0.15, 0.2) is 47.1 Å². The Morgan fingerprint density at radius 3 is 2.74 bits per heavy atom. The second-order valence-electron chi connectivity index (χ2n) is 7.57. The van der Waals surface area contributed by atoms with Crippen LogP contribution in [0.5, 0.6) is 5.88 Å². The van der Waals surface area contributed by atoms with Crippen LogP contribution in [0.25, 0.3) is 16.5 Å². The first-order chi connectivity index (χ1) is 15.0. The van der Waals surface area contributed by atoms with E-state index >= 15 is 0 Å². The molecule has 4 heterocycles. The number of halogens is 1. The van der Waals surface area contributed by atoms with Crippen LogP contribution >= 0.6 is 22.9 Å². The number of likely N-dealkylation sites (tertiary alicyclic amines) is 1. The molecule has 1 saturated heterocycles. The Labute approximate surface area is 186 Å². The summed E-state index contributed by atoms with van der Waals surface area (Å²) in [5.41, 5.74) is 6.46. The molecule has 8 nitrogen and oxygen atoms in total. The molecule has 0 unspecified atom stereocenters. The van der Waals surface area contributed by atoms with Crippen LogP contribution < -0.4 is 5.73 Å². The Morgan fingerprint density at radius 2 is 2.10 bits per heavy atom. The van der Waals surface area contributed by atoms with Gasteiger partial charge in [0.2, 0.25) is 22.6 Å². The number of furan rings is 1. The highest BCUT2D eigenvalue weighted by Crippen LogP contribution is 2.42. The van der Waals surface area contributed by atoms with Crippen molar-refractivity contribution in [2.24, 2.45) is 11.7 Å². The molecule has 160 valence electrons. The molecule has 0 radical (unpaired) electrons. The van der Waals surface area contributed by atoms with E-state index < -0.39 is 0 Å². The molecule has 0 aliphatic carbocycles. The molecule has 0 saturated carbocycles. The number of aromatic hydroxyl groups is 1. The van der Waals surface area contributed by atoms with Crippen molar-refractivity contribution in [1.82, 2.24) is 19.5 Å². The van der Waals surface area contributed by atoms with Crippen molar-refractivity contribution in [3.8, 4) is 17.5 Å². The van der Waals surface area contributed by atoms with E-state index in [1.807, 2.05) is 24.3 Å². The van der Waals surface area contributed by atoms with Crippen molar-refractivity contribution >= 4 is 33.8 Å². The van der Waals surface area contributed by atoms with E-state index in [0.717, 1.165) is 10.4 Å². The molecule has 31 heavy (non-hydrogen) atoms. The van der Waals surface area contributed by atoms with Gasteiger partial charge in [0.05, 0.1) is 17.2 Å². The third-order valence-corrected chi connectivity index (χ3v) is 6.96. The summed E-state index contributed by atoms with van der Waals surface area (Å²) in [6.07, 6.45) is 2.91. The molecule has 1 amide bonds. The number of carbonyl (C=O) groups is 1. The van der Waals surface area contributed by atoms with Gasteiger partial charge in [-0.25, -0.2) is 0 Å². The van der Waals surface area contributed by atoms with Crippen LogP contribution in [-0.2, 0) is 4.79 Å². The molecule has 5 rings (SSSR count). The van der Waals surface area contributed by atoms with Gasteiger partial charge in [-0.2, -0.15) is 9.50 Å². The summed E-state index contributed by atoms with van der Waals surface area (Å²) < 4.78 is 6.80. The summed E-state index contributed by atoms with van der Waals surface area (Å²) in [4.78, 5) is 19.7. The predicted molar refractivity (Wildman–Crippen MR) is 117 cm³/mol.